The number of rotatable bonds is 6. The highest BCUT2D eigenvalue weighted by molar-refractivity contribution is 6.02. The van der Waals surface area contributed by atoms with Crippen molar-refractivity contribution in [2.24, 2.45) is 16.2 Å². The number of aliphatic hydroxyl groups is 1. The number of hydrogen-bond donors (Lipinski definition) is 1. The van der Waals surface area contributed by atoms with Gasteiger partial charge in [0.1, 0.15) is 11.7 Å². The van der Waals surface area contributed by atoms with E-state index in [-0.39, 0.29) is 5.78 Å². The molecule has 0 unspecified atom stereocenters. The SMILES string of the molecule is CC(C)=CCC[C@]1(C)/C=C/[C@@H](OC(=O)C=C(C)C)[C@]2(C)O[C@H]2C(C)(C)C(=O)/C(C(C)(C)O)=C\C1(C)C. The van der Waals surface area contributed by atoms with Gasteiger partial charge in [0.2, 0.25) is 0 Å². The summed E-state index contributed by atoms with van der Waals surface area (Å²) in [6, 6.07) is 0. The zero-order valence-corrected chi connectivity index (χ0v) is 24.5. The molecule has 0 spiro atoms. The summed E-state index contributed by atoms with van der Waals surface area (Å²) in [4.78, 5) is 26.7. The molecular formula is C31H48O5. The van der Waals surface area contributed by atoms with Gasteiger partial charge in [-0.05, 0) is 92.1 Å². The van der Waals surface area contributed by atoms with E-state index in [2.05, 4.69) is 46.8 Å². The standard InChI is InChI=1S/C31H48O5/c1-20(2)14-13-16-30(11)17-15-23(35-24(32)18-21(3)4)31(12)26(36-31)28(7,8)25(33)22(29(9,10)34)19-27(30,5)6/h14-15,17-19,23,26,34H,13,16H2,1-12H3/b17-15+,22-19+/t23-,26+,30-,31+/m1/s1. The molecule has 0 saturated carbocycles. The number of ketones is 1. The highest BCUT2D eigenvalue weighted by atomic mass is 16.6. The Morgan fingerprint density at radius 3 is 2.17 bits per heavy atom. The Balaban J connectivity index is 2.75. The van der Waals surface area contributed by atoms with Gasteiger partial charge in [0.25, 0.3) is 0 Å². The Labute approximate surface area is 218 Å². The fourth-order valence-corrected chi connectivity index (χ4v) is 5.13. The number of esters is 1. The van der Waals surface area contributed by atoms with Crippen LogP contribution in [0.4, 0.5) is 0 Å². The zero-order valence-electron chi connectivity index (χ0n) is 24.5. The van der Waals surface area contributed by atoms with Gasteiger partial charge in [-0.25, -0.2) is 4.79 Å². The van der Waals surface area contributed by atoms with Crippen LogP contribution >= 0.6 is 0 Å². The normalized spacial score (nSPS) is 33.7. The highest BCUT2D eigenvalue weighted by Crippen LogP contribution is 2.54. The zero-order chi connectivity index (χ0) is 27.9. The van der Waals surface area contributed by atoms with Gasteiger partial charge in [0.15, 0.2) is 11.9 Å². The largest absolute Gasteiger partial charge is 0.452 e. The molecule has 0 aromatic rings. The Morgan fingerprint density at radius 1 is 1.08 bits per heavy atom. The first-order chi connectivity index (χ1) is 16.2. The van der Waals surface area contributed by atoms with Gasteiger partial charge in [-0.15, -0.1) is 0 Å². The second kappa shape index (κ2) is 10.1. The summed E-state index contributed by atoms with van der Waals surface area (Å²) < 4.78 is 12.1. The third kappa shape index (κ3) is 6.28. The van der Waals surface area contributed by atoms with Crippen LogP contribution in [0.5, 0.6) is 0 Å². The minimum atomic E-state index is -1.33. The molecular weight excluding hydrogens is 452 g/mol. The van der Waals surface area contributed by atoms with Gasteiger partial charge < -0.3 is 14.6 Å². The van der Waals surface area contributed by atoms with E-state index < -0.39 is 45.6 Å². The first kappa shape index (κ1) is 30.2. The third-order valence-corrected chi connectivity index (χ3v) is 8.03. The minimum Gasteiger partial charge on any atom is -0.452 e. The maximum absolute atomic E-state index is 14.0. The maximum Gasteiger partial charge on any atom is 0.331 e. The summed E-state index contributed by atoms with van der Waals surface area (Å²) in [5.74, 6) is -0.584. The van der Waals surface area contributed by atoms with Crippen LogP contribution in [0.15, 0.2) is 47.1 Å². The molecule has 202 valence electrons. The summed E-state index contributed by atoms with van der Waals surface area (Å²) in [5.41, 5.74) is -1.55. The van der Waals surface area contributed by atoms with Crippen molar-refractivity contribution in [2.75, 3.05) is 0 Å². The van der Waals surface area contributed by atoms with Crippen LogP contribution in [0, 0.1) is 16.2 Å². The van der Waals surface area contributed by atoms with Gasteiger partial charge in [-0.1, -0.05) is 50.1 Å². The first-order valence-electron chi connectivity index (χ1n) is 13.0. The summed E-state index contributed by atoms with van der Waals surface area (Å²) >= 11 is 0. The minimum absolute atomic E-state index is 0.153. The fraction of sp³-hybridized carbons (Fsp3) is 0.677. The lowest BCUT2D eigenvalue weighted by Crippen LogP contribution is -2.43. The smallest absolute Gasteiger partial charge is 0.331 e. The lowest BCUT2D eigenvalue weighted by molar-refractivity contribution is -0.143. The number of Topliss-reactive ketones (excluding diaryl/α,β-unsaturated/α-hetero) is 1. The summed E-state index contributed by atoms with van der Waals surface area (Å²) in [5, 5.41) is 11.1. The molecule has 4 atom stereocenters. The lowest BCUT2D eigenvalue weighted by Gasteiger charge is -2.42. The van der Waals surface area contributed by atoms with Crippen molar-refractivity contribution < 1.29 is 24.2 Å². The molecule has 1 aliphatic carbocycles. The molecule has 5 nitrogen and oxygen atoms in total. The van der Waals surface area contributed by atoms with Crippen LogP contribution in [0.2, 0.25) is 0 Å². The summed E-state index contributed by atoms with van der Waals surface area (Å²) in [6.45, 7) is 23.2. The van der Waals surface area contributed by atoms with E-state index in [0.29, 0.717) is 5.57 Å². The number of allylic oxidation sites excluding steroid dienone is 5. The van der Waals surface area contributed by atoms with Crippen LogP contribution in [0.25, 0.3) is 0 Å². The number of ether oxygens (including phenoxy) is 2. The van der Waals surface area contributed by atoms with Crippen molar-refractivity contribution in [1.29, 1.82) is 0 Å². The predicted octanol–water partition coefficient (Wildman–Crippen LogP) is 6.66. The van der Waals surface area contributed by atoms with E-state index in [1.165, 1.54) is 11.6 Å². The molecule has 0 aromatic carbocycles. The van der Waals surface area contributed by atoms with E-state index in [1.54, 1.807) is 13.8 Å². The van der Waals surface area contributed by atoms with Crippen LogP contribution in [0.3, 0.4) is 0 Å². The monoisotopic (exact) mass is 500 g/mol. The van der Waals surface area contributed by atoms with Crippen LogP contribution in [0.1, 0.15) is 95.9 Å². The molecule has 1 aliphatic heterocycles. The second-order valence-corrected chi connectivity index (χ2v) is 13.2. The first-order valence-corrected chi connectivity index (χ1v) is 13.0. The van der Waals surface area contributed by atoms with Gasteiger partial charge in [-0.3, -0.25) is 4.79 Å². The lowest BCUT2D eigenvalue weighted by atomic mass is 9.62. The highest BCUT2D eigenvalue weighted by Gasteiger charge is 2.67. The molecule has 2 rings (SSSR count). The molecule has 0 aromatic heterocycles. The Hall–Kier alpha value is -1.98. The molecule has 0 bridgehead atoms. The number of hydrogen-bond acceptors (Lipinski definition) is 5. The van der Waals surface area contributed by atoms with E-state index >= 15 is 0 Å². The molecule has 5 heteroatoms. The van der Waals surface area contributed by atoms with Gasteiger partial charge >= 0.3 is 5.97 Å². The van der Waals surface area contributed by atoms with Crippen molar-refractivity contribution in [3.8, 4) is 0 Å². The van der Waals surface area contributed by atoms with Crippen LogP contribution in [-0.2, 0) is 19.1 Å². The average molecular weight is 501 g/mol. The Bertz CT molecular complexity index is 992. The Kier molecular flexibility index (Phi) is 8.45. The van der Waals surface area contributed by atoms with Crippen molar-refractivity contribution in [3.63, 3.8) is 0 Å². The number of carbonyl (C=O) groups is 2. The molecule has 1 N–H and O–H groups in total. The molecule has 0 radical (unpaired) electrons. The van der Waals surface area contributed by atoms with Gasteiger partial charge in [0.05, 0.1) is 11.0 Å². The summed E-state index contributed by atoms with van der Waals surface area (Å²) in [7, 11) is 0. The van der Waals surface area contributed by atoms with Crippen molar-refractivity contribution in [3.05, 3.63) is 47.1 Å². The molecule has 36 heavy (non-hydrogen) atoms. The van der Waals surface area contributed by atoms with Gasteiger partial charge in [-0.2, -0.15) is 0 Å². The van der Waals surface area contributed by atoms with E-state index in [1.807, 2.05) is 46.8 Å². The van der Waals surface area contributed by atoms with Crippen LogP contribution in [-0.4, -0.2) is 40.3 Å². The number of epoxide rings is 1. The average Bonchev–Trinajstić information content (AvgIpc) is 3.40. The quantitative estimate of drug-likeness (QED) is 0.191. The number of fused-ring (bicyclic) bond motifs is 1. The van der Waals surface area contributed by atoms with Crippen molar-refractivity contribution in [1.82, 2.24) is 0 Å². The molecule has 1 heterocycles. The van der Waals surface area contributed by atoms with E-state index in [4.69, 9.17) is 9.47 Å². The molecule has 1 saturated heterocycles. The molecule has 2 aliphatic rings. The number of carbonyl (C=O) groups excluding carboxylic acids is 2. The van der Waals surface area contributed by atoms with E-state index in [9.17, 15) is 14.7 Å². The van der Waals surface area contributed by atoms with Crippen LogP contribution < -0.4 is 0 Å². The van der Waals surface area contributed by atoms with E-state index in [0.717, 1.165) is 18.4 Å². The predicted molar refractivity (Wildman–Crippen MR) is 145 cm³/mol. The topological polar surface area (TPSA) is 76.1 Å². The third-order valence-electron chi connectivity index (χ3n) is 8.03. The molecule has 1 fully saturated rings. The van der Waals surface area contributed by atoms with Crippen molar-refractivity contribution >= 4 is 11.8 Å². The Morgan fingerprint density at radius 2 is 1.67 bits per heavy atom. The van der Waals surface area contributed by atoms with Crippen molar-refractivity contribution in [2.45, 2.75) is 119 Å². The molecule has 0 amide bonds. The summed E-state index contributed by atoms with van der Waals surface area (Å²) in [6.07, 6.45) is 10.2. The van der Waals surface area contributed by atoms with Gasteiger partial charge in [0, 0.05) is 11.6 Å². The fourth-order valence-electron chi connectivity index (χ4n) is 5.13. The second-order valence-electron chi connectivity index (χ2n) is 13.2. The maximum atomic E-state index is 14.0.